The average molecular weight is 391 g/mol. The molecule has 0 spiro atoms. The van der Waals surface area contributed by atoms with Gasteiger partial charge in [0, 0.05) is 37.7 Å². The molecule has 1 fully saturated rings. The third-order valence-electron chi connectivity index (χ3n) is 5.91. The van der Waals surface area contributed by atoms with Gasteiger partial charge in [-0.25, -0.2) is 0 Å². The van der Waals surface area contributed by atoms with Crippen LogP contribution in [-0.2, 0) is 0 Å². The fraction of sp³-hybridized carbons (Fsp3) is 0.423. The van der Waals surface area contributed by atoms with Crippen LogP contribution in [0.15, 0.2) is 60.2 Å². The number of likely N-dealkylation sites (tertiary alicyclic amines) is 1. The lowest BCUT2D eigenvalue weighted by molar-refractivity contribution is 0.0773. The highest BCUT2D eigenvalue weighted by Crippen LogP contribution is 2.33. The summed E-state index contributed by atoms with van der Waals surface area (Å²) in [5.41, 5.74) is 4.85. The Balaban J connectivity index is 1.86. The normalized spacial score (nSPS) is 18.7. The Morgan fingerprint density at radius 1 is 1.03 bits per heavy atom. The lowest BCUT2D eigenvalue weighted by atomic mass is 9.84. The van der Waals surface area contributed by atoms with Crippen LogP contribution in [0.2, 0.25) is 0 Å². The van der Waals surface area contributed by atoms with Crippen LogP contribution < -0.4 is 0 Å². The van der Waals surface area contributed by atoms with Crippen LogP contribution in [0.1, 0.15) is 61.0 Å². The standard InChI is InChI=1S/C26H34N2O/c1-4-17-27-18-16-24(19-21-10-8-7-9-11-21)25(20-27)22-12-14-23(15-13-22)26(29)28(5-2)6-3/h7-15,19,25H,4-6,16-18,20H2,1-3H3/b24-19+. The molecule has 0 aromatic heterocycles. The highest BCUT2D eigenvalue weighted by Gasteiger charge is 2.25. The van der Waals surface area contributed by atoms with E-state index < -0.39 is 0 Å². The molecule has 154 valence electrons. The first kappa shape index (κ1) is 21.3. The molecule has 29 heavy (non-hydrogen) atoms. The third kappa shape index (κ3) is 5.36. The van der Waals surface area contributed by atoms with E-state index in [1.165, 1.54) is 23.1 Å². The number of nitrogens with zero attached hydrogens (tertiary/aromatic N) is 2. The molecule has 2 aromatic carbocycles. The maximum Gasteiger partial charge on any atom is 0.253 e. The van der Waals surface area contributed by atoms with E-state index in [0.717, 1.165) is 44.7 Å². The average Bonchev–Trinajstić information content (AvgIpc) is 2.76. The molecule has 0 radical (unpaired) electrons. The summed E-state index contributed by atoms with van der Waals surface area (Å²) in [6.45, 7) is 11.1. The number of carbonyl (C=O) groups excluding carboxylic acids is 1. The number of piperidine rings is 1. The van der Waals surface area contributed by atoms with Crippen LogP contribution in [0.5, 0.6) is 0 Å². The van der Waals surface area contributed by atoms with Crippen LogP contribution in [-0.4, -0.2) is 48.4 Å². The van der Waals surface area contributed by atoms with E-state index >= 15 is 0 Å². The van der Waals surface area contributed by atoms with Gasteiger partial charge in [0.25, 0.3) is 5.91 Å². The summed E-state index contributed by atoms with van der Waals surface area (Å²) in [6.07, 6.45) is 4.64. The first-order valence-electron chi connectivity index (χ1n) is 11.0. The zero-order valence-electron chi connectivity index (χ0n) is 18.1. The molecule has 0 N–H and O–H groups in total. The monoisotopic (exact) mass is 390 g/mol. The first-order valence-corrected chi connectivity index (χ1v) is 11.0. The quantitative estimate of drug-likeness (QED) is 0.627. The molecule has 1 aliphatic rings. The van der Waals surface area contributed by atoms with Crippen molar-refractivity contribution >= 4 is 12.0 Å². The molecule has 1 aliphatic heterocycles. The van der Waals surface area contributed by atoms with Gasteiger partial charge in [-0.2, -0.15) is 0 Å². The van der Waals surface area contributed by atoms with Crippen LogP contribution in [0.4, 0.5) is 0 Å². The Labute approximate surface area is 176 Å². The molecule has 0 bridgehead atoms. The predicted molar refractivity (Wildman–Crippen MR) is 122 cm³/mol. The molecule has 3 rings (SSSR count). The van der Waals surface area contributed by atoms with Gasteiger partial charge >= 0.3 is 0 Å². The van der Waals surface area contributed by atoms with Crippen molar-refractivity contribution in [2.24, 2.45) is 0 Å². The minimum Gasteiger partial charge on any atom is -0.339 e. The largest absolute Gasteiger partial charge is 0.339 e. The molecular formula is C26H34N2O. The number of benzene rings is 2. The highest BCUT2D eigenvalue weighted by atomic mass is 16.2. The Hall–Kier alpha value is -2.39. The van der Waals surface area contributed by atoms with Crippen molar-refractivity contribution in [2.45, 2.75) is 39.5 Å². The molecule has 1 amide bonds. The van der Waals surface area contributed by atoms with Crippen molar-refractivity contribution in [3.8, 4) is 0 Å². The predicted octanol–water partition coefficient (Wildman–Crippen LogP) is 5.45. The van der Waals surface area contributed by atoms with Gasteiger partial charge < -0.3 is 9.80 Å². The minimum absolute atomic E-state index is 0.123. The smallest absolute Gasteiger partial charge is 0.253 e. The zero-order valence-corrected chi connectivity index (χ0v) is 18.1. The van der Waals surface area contributed by atoms with Crippen LogP contribution in [0.25, 0.3) is 6.08 Å². The van der Waals surface area contributed by atoms with Crippen molar-refractivity contribution < 1.29 is 4.79 Å². The van der Waals surface area contributed by atoms with E-state index in [4.69, 9.17) is 0 Å². The van der Waals surface area contributed by atoms with Gasteiger partial charge in [-0.3, -0.25) is 4.79 Å². The number of hydrogen-bond acceptors (Lipinski definition) is 2. The Bertz CT molecular complexity index is 806. The second-order valence-corrected chi connectivity index (χ2v) is 7.83. The molecule has 2 aromatic rings. The van der Waals surface area contributed by atoms with Crippen LogP contribution >= 0.6 is 0 Å². The summed E-state index contributed by atoms with van der Waals surface area (Å²) >= 11 is 0. The maximum absolute atomic E-state index is 12.6. The topological polar surface area (TPSA) is 23.6 Å². The number of rotatable bonds is 7. The van der Waals surface area contributed by atoms with E-state index in [9.17, 15) is 4.79 Å². The molecule has 1 saturated heterocycles. The van der Waals surface area contributed by atoms with Crippen molar-refractivity contribution in [1.82, 2.24) is 9.80 Å². The van der Waals surface area contributed by atoms with Gasteiger partial charge in [0.2, 0.25) is 0 Å². The molecule has 3 heteroatoms. The molecular weight excluding hydrogens is 356 g/mol. The first-order chi connectivity index (χ1) is 14.2. The van der Waals surface area contributed by atoms with E-state index in [1.54, 1.807) is 0 Å². The lowest BCUT2D eigenvalue weighted by Crippen LogP contribution is -2.36. The van der Waals surface area contributed by atoms with E-state index in [-0.39, 0.29) is 5.91 Å². The second kappa shape index (κ2) is 10.4. The van der Waals surface area contributed by atoms with E-state index in [1.807, 2.05) is 30.9 Å². The molecule has 1 unspecified atom stereocenters. The Morgan fingerprint density at radius 2 is 1.72 bits per heavy atom. The van der Waals surface area contributed by atoms with Crippen LogP contribution in [0, 0.1) is 0 Å². The van der Waals surface area contributed by atoms with Gasteiger partial charge in [0.15, 0.2) is 0 Å². The summed E-state index contributed by atoms with van der Waals surface area (Å²) in [7, 11) is 0. The Kier molecular flexibility index (Phi) is 7.65. The summed E-state index contributed by atoms with van der Waals surface area (Å²) < 4.78 is 0. The molecule has 3 nitrogen and oxygen atoms in total. The maximum atomic E-state index is 12.6. The van der Waals surface area contributed by atoms with E-state index in [2.05, 4.69) is 60.4 Å². The molecule has 1 heterocycles. The van der Waals surface area contributed by atoms with E-state index in [0.29, 0.717) is 5.92 Å². The number of amides is 1. The van der Waals surface area contributed by atoms with Crippen molar-refractivity contribution in [3.63, 3.8) is 0 Å². The summed E-state index contributed by atoms with van der Waals surface area (Å²) in [5, 5.41) is 0. The fourth-order valence-electron chi connectivity index (χ4n) is 4.25. The van der Waals surface area contributed by atoms with Gasteiger partial charge in [0.1, 0.15) is 0 Å². The van der Waals surface area contributed by atoms with Crippen molar-refractivity contribution in [1.29, 1.82) is 0 Å². The zero-order chi connectivity index (χ0) is 20.6. The second-order valence-electron chi connectivity index (χ2n) is 7.83. The Morgan fingerprint density at radius 3 is 2.34 bits per heavy atom. The van der Waals surface area contributed by atoms with Crippen LogP contribution in [0.3, 0.4) is 0 Å². The minimum atomic E-state index is 0.123. The van der Waals surface area contributed by atoms with Crippen molar-refractivity contribution in [3.05, 3.63) is 76.9 Å². The van der Waals surface area contributed by atoms with Gasteiger partial charge in [-0.1, -0.05) is 61.0 Å². The summed E-state index contributed by atoms with van der Waals surface area (Å²) in [4.78, 5) is 17.1. The molecule has 1 atom stereocenters. The number of carbonyl (C=O) groups is 1. The van der Waals surface area contributed by atoms with Gasteiger partial charge in [0.05, 0.1) is 0 Å². The summed E-state index contributed by atoms with van der Waals surface area (Å²) in [6, 6.07) is 19.0. The fourth-order valence-corrected chi connectivity index (χ4v) is 4.25. The SMILES string of the molecule is CCCN1CC/C(=C\c2ccccc2)C(c2ccc(C(=O)N(CC)CC)cc2)C1. The molecule has 0 aliphatic carbocycles. The summed E-state index contributed by atoms with van der Waals surface area (Å²) in [5.74, 6) is 0.506. The highest BCUT2D eigenvalue weighted by molar-refractivity contribution is 5.94. The third-order valence-corrected chi connectivity index (χ3v) is 5.91. The van der Waals surface area contributed by atoms with Gasteiger partial charge in [-0.15, -0.1) is 0 Å². The van der Waals surface area contributed by atoms with Crippen molar-refractivity contribution in [2.75, 3.05) is 32.7 Å². The van der Waals surface area contributed by atoms with Gasteiger partial charge in [-0.05, 0) is 56.5 Å². The molecule has 0 saturated carbocycles. The lowest BCUT2D eigenvalue weighted by Gasteiger charge is -2.35. The number of hydrogen-bond donors (Lipinski definition) is 0.